The number of likely N-dealkylation sites (tertiary alicyclic amines) is 1. The van der Waals surface area contributed by atoms with Gasteiger partial charge in [-0.25, -0.2) is 4.21 Å². The van der Waals surface area contributed by atoms with E-state index in [0.717, 1.165) is 31.4 Å². The van der Waals surface area contributed by atoms with Crippen LogP contribution in [0.25, 0.3) is 0 Å². The predicted octanol–water partition coefficient (Wildman–Crippen LogP) is 3.07. The standard InChI is InChI=1S/C27H37N4O3PS/c1-26(2,28)25(33)29-22(13-8-11-20-9-4-3-5-10-20)24(32)30-17-15-27(16-18-30)19-31(36(34)35)23-14-7-6-12-21(23)27/h3-7,9-10,12,14,22H,8,11,13,15-19,28,35H2,1-2H3,(H,29,33)/t22-,36?/m1/s1. The second-order valence-electron chi connectivity index (χ2n) is 10.6. The number of benzene rings is 2. The number of hydrogen-bond donors (Lipinski definition) is 2. The Bertz CT molecular complexity index is 1110. The molecule has 1 fully saturated rings. The molecule has 2 amide bonds. The SMILES string of the molecule is CC(C)(N)C(=O)N[C@H](CCCc1ccccc1)C(=O)N1CCC2(CC1)CN(S(=O)P)c1ccccc12. The molecule has 0 saturated carbocycles. The van der Waals surface area contributed by atoms with Crippen LogP contribution in [-0.2, 0) is 32.0 Å². The highest BCUT2D eigenvalue weighted by Crippen LogP contribution is 2.48. The Hall–Kier alpha value is -2.28. The van der Waals surface area contributed by atoms with E-state index in [0.29, 0.717) is 26.1 Å². The van der Waals surface area contributed by atoms with Crippen molar-refractivity contribution >= 4 is 36.5 Å². The van der Waals surface area contributed by atoms with E-state index < -0.39 is 22.2 Å². The van der Waals surface area contributed by atoms with Crippen LogP contribution in [0.5, 0.6) is 0 Å². The van der Waals surface area contributed by atoms with E-state index in [1.165, 1.54) is 11.1 Å². The Kier molecular flexibility index (Phi) is 8.18. The molecule has 2 aromatic carbocycles. The van der Waals surface area contributed by atoms with Crippen LogP contribution in [0.1, 0.15) is 50.7 Å². The molecule has 0 aromatic heterocycles. The summed E-state index contributed by atoms with van der Waals surface area (Å²) in [5, 5.41) is 2.93. The number of nitrogens with zero attached hydrogens (tertiary/aromatic N) is 2. The first kappa shape index (κ1) is 26.8. The van der Waals surface area contributed by atoms with Gasteiger partial charge in [0, 0.05) is 25.0 Å². The third kappa shape index (κ3) is 5.82. The fourth-order valence-corrected chi connectivity index (χ4v) is 6.60. The van der Waals surface area contributed by atoms with Gasteiger partial charge in [-0.2, -0.15) is 0 Å². The van der Waals surface area contributed by atoms with Crippen molar-refractivity contribution in [3.8, 4) is 0 Å². The number of nitrogens with one attached hydrogen (secondary N) is 1. The summed E-state index contributed by atoms with van der Waals surface area (Å²) in [6.07, 6.45) is 3.77. The van der Waals surface area contributed by atoms with Crippen molar-refractivity contribution in [1.82, 2.24) is 10.2 Å². The maximum Gasteiger partial charge on any atom is 0.245 e. The van der Waals surface area contributed by atoms with Crippen molar-refractivity contribution in [3.05, 3.63) is 65.7 Å². The minimum atomic E-state index is -1.18. The Morgan fingerprint density at radius 2 is 1.75 bits per heavy atom. The molecule has 2 aliphatic heterocycles. The van der Waals surface area contributed by atoms with Gasteiger partial charge in [-0.05, 0) is 71.6 Å². The summed E-state index contributed by atoms with van der Waals surface area (Å²) < 4.78 is 14.3. The minimum absolute atomic E-state index is 0.0479. The number of aryl methyl sites for hydroxylation is 1. The van der Waals surface area contributed by atoms with E-state index in [4.69, 9.17) is 5.73 Å². The monoisotopic (exact) mass is 528 g/mol. The maximum absolute atomic E-state index is 13.6. The van der Waals surface area contributed by atoms with E-state index in [1.807, 2.05) is 45.6 Å². The molecule has 1 spiro atoms. The van der Waals surface area contributed by atoms with Crippen molar-refractivity contribution in [2.75, 3.05) is 23.9 Å². The van der Waals surface area contributed by atoms with Crippen LogP contribution in [0.3, 0.4) is 0 Å². The molecular formula is C27H37N4O3PS. The van der Waals surface area contributed by atoms with E-state index in [2.05, 4.69) is 32.0 Å². The quantitative estimate of drug-likeness (QED) is 0.515. The Labute approximate surface area is 218 Å². The van der Waals surface area contributed by atoms with Gasteiger partial charge in [0.1, 0.15) is 16.6 Å². The lowest BCUT2D eigenvalue weighted by Gasteiger charge is -2.41. The van der Waals surface area contributed by atoms with Crippen molar-refractivity contribution in [3.63, 3.8) is 0 Å². The lowest BCUT2D eigenvalue weighted by molar-refractivity contribution is -0.139. The summed E-state index contributed by atoms with van der Waals surface area (Å²) in [6, 6.07) is 17.7. The highest BCUT2D eigenvalue weighted by molar-refractivity contribution is 8.34. The van der Waals surface area contributed by atoms with Crippen LogP contribution in [0.15, 0.2) is 54.6 Å². The van der Waals surface area contributed by atoms with Crippen molar-refractivity contribution in [1.29, 1.82) is 0 Å². The fraction of sp³-hybridized carbons (Fsp3) is 0.481. The van der Waals surface area contributed by atoms with Gasteiger partial charge in [0.25, 0.3) is 0 Å². The maximum atomic E-state index is 13.6. The Balaban J connectivity index is 1.44. The van der Waals surface area contributed by atoms with Crippen LogP contribution in [0.2, 0.25) is 0 Å². The highest BCUT2D eigenvalue weighted by atomic mass is 32.7. The molecule has 2 aliphatic rings. The van der Waals surface area contributed by atoms with Crippen LogP contribution in [-0.4, -0.2) is 52.1 Å². The lowest BCUT2D eigenvalue weighted by Crippen LogP contribution is -2.58. The summed E-state index contributed by atoms with van der Waals surface area (Å²) in [5.74, 6) is -0.370. The summed E-state index contributed by atoms with van der Waals surface area (Å²) in [5.41, 5.74) is 8.28. The van der Waals surface area contributed by atoms with Crippen LogP contribution >= 0.6 is 8.44 Å². The van der Waals surface area contributed by atoms with Gasteiger partial charge in [-0.3, -0.25) is 13.9 Å². The molecule has 2 aromatic rings. The number of rotatable bonds is 8. The molecule has 0 aliphatic carbocycles. The second-order valence-corrected chi connectivity index (χ2v) is 12.8. The van der Waals surface area contributed by atoms with Gasteiger partial charge in [0.05, 0.1) is 11.2 Å². The normalized spacial score (nSPS) is 18.6. The van der Waals surface area contributed by atoms with Crippen molar-refractivity contribution in [2.45, 2.75) is 62.9 Å². The minimum Gasteiger partial charge on any atom is -0.343 e. The average Bonchev–Trinajstić information content (AvgIpc) is 3.18. The molecular weight excluding hydrogens is 491 g/mol. The highest BCUT2D eigenvalue weighted by Gasteiger charge is 2.46. The number of hydrogen-bond acceptors (Lipinski definition) is 4. The summed E-state index contributed by atoms with van der Waals surface area (Å²) in [4.78, 5) is 28.2. The Morgan fingerprint density at radius 3 is 2.39 bits per heavy atom. The number of amides is 2. The molecule has 36 heavy (non-hydrogen) atoms. The fourth-order valence-electron chi connectivity index (χ4n) is 5.30. The van der Waals surface area contributed by atoms with Gasteiger partial charge < -0.3 is 16.0 Å². The van der Waals surface area contributed by atoms with Crippen LogP contribution in [0.4, 0.5) is 5.69 Å². The van der Waals surface area contributed by atoms with Crippen molar-refractivity contribution < 1.29 is 13.8 Å². The smallest absolute Gasteiger partial charge is 0.245 e. The summed E-state index contributed by atoms with van der Waals surface area (Å²) >= 11 is 0. The molecule has 9 heteroatoms. The molecule has 4 rings (SSSR count). The van der Waals surface area contributed by atoms with Gasteiger partial charge in [0.15, 0.2) is 0 Å². The second kappa shape index (κ2) is 11.0. The molecule has 3 atom stereocenters. The zero-order valence-electron chi connectivity index (χ0n) is 21.1. The first-order valence-corrected chi connectivity index (χ1v) is 15.1. The van der Waals surface area contributed by atoms with Gasteiger partial charge in [-0.15, -0.1) is 0 Å². The van der Waals surface area contributed by atoms with Gasteiger partial charge in [-0.1, -0.05) is 48.5 Å². The van der Waals surface area contributed by atoms with Crippen molar-refractivity contribution in [2.24, 2.45) is 5.73 Å². The molecule has 0 bridgehead atoms. The third-order valence-electron chi connectivity index (χ3n) is 7.43. The number of fused-ring (bicyclic) bond motifs is 2. The molecule has 3 N–H and O–H groups in total. The zero-order valence-corrected chi connectivity index (χ0v) is 23.1. The zero-order chi connectivity index (χ0) is 25.9. The average molecular weight is 529 g/mol. The first-order valence-electron chi connectivity index (χ1n) is 12.6. The lowest BCUT2D eigenvalue weighted by atomic mass is 9.74. The summed E-state index contributed by atoms with van der Waals surface area (Å²) in [7, 11) is 1.21. The third-order valence-corrected chi connectivity index (χ3v) is 8.95. The van der Waals surface area contributed by atoms with E-state index in [1.54, 1.807) is 13.8 Å². The number of para-hydroxylation sites is 1. The topological polar surface area (TPSA) is 95.7 Å². The van der Waals surface area contributed by atoms with E-state index in [-0.39, 0.29) is 17.2 Å². The largest absolute Gasteiger partial charge is 0.343 e. The first-order chi connectivity index (χ1) is 17.1. The molecule has 194 valence electrons. The molecule has 7 nitrogen and oxygen atoms in total. The molecule has 1 saturated heterocycles. The summed E-state index contributed by atoms with van der Waals surface area (Å²) in [6.45, 7) is 5.18. The number of piperidine rings is 1. The number of carbonyl (C=O) groups excluding carboxylic acids is 2. The molecule has 2 unspecified atom stereocenters. The Morgan fingerprint density at radius 1 is 1.11 bits per heavy atom. The van der Waals surface area contributed by atoms with Gasteiger partial charge in [0.2, 0.25) is 11.8 Å². The van der Waals surface area contributed by atoms with Crippen LogP contribution < -0.4 is 15.4 Å². The predicted molar refractivity (Wildman–Crippen MR) is 149 cm³/mol. The number of anilines is 1. The molecule has 0 radical (unpaired) electrons. The van der Waals surface area contributed by atoms with E-state index >= 15 is 0 Å². The number of carbonyl (C=O) groups is 2. The van der Waals surface area contributed by atoms with E-state index in [9.17, 15) is 13.8 Å². The van der Waals surface area contributed by atoms with Crippen LogP contribution in [0, 0.1) is 0 Å². The molecule has 2 heterocycles. The van der Waals surface area contributed by atoms with Gasteiger partial charge >= 0.3 is 0 Å². The number of nitrogens with two attached hydrogens (primary N) is 1.